The maximum absolute atomic E-state index is 13.3. The van der Waals surface area contributed by atoms with E-state index >= 15 is 0 Å². The lowest BCUT2D eigenvalue weighted by Gasteiger charge is -2.46. The van der Waals surface area contributed by atoms with Crippen molar-refractivity contribution in [2.75, 3.05) is 0 Å². The van der Waals surface area contributed by atoms with Gasteiger partial charge in [-0.3, -0.25) is 9.59 Å². The fourth-order valence-electron chi connectivity index (χ4n) is 9.69. The summed E-state index contributed by atoms with van der Waals surface area (Å²) >= 11 is 0. The summed E-state index contributed by atoms with van der Waals surface area (Å²) in [5, 5.41) is 9.40. The van der Waals surface area contributed by atoms with E-state index in [-0.39, 0.29) is 64.1 Å². The molecule has 328 valence electrons. The summed E-state index contributed by atoms with van der Waals surface area (Å²) in [7, 11) is -5.79. The molecule has 0 bridgehead atoms. The Bertz CT molecular complexity index is 1470. The number of carboxylic acids is 1. The molecule has 3 rings (SSSR count). The van der Waals surface area contributed by atoms with Crippen molar-refractivity contribution in [3.8, 4) is 0 Å². The Morgan fingerprint density at radius 1 is 0.895 bits per heavy atom. The van der Waals surface area contributed by atoms with Crippen LogP contribution in [0.5, 0.6) is 0 Å². The van der Waals surface area contributed by atoms with Gasteiger partial charge in [0.15, 0.2) is 25.0 Å². The second-order valence-electron chi connectivity index (χ2n) is 23.1. The number of rotatable bonds is 17. The van der Waals surface area contributed by atoms with Crippen LogP contribution >= 0.6 is 0 Å². The van der Waals surface area contributed by atoms with Crippen LogP contribution in [-0.4, -0.2) is 65.9 Å². The van der Waals surface area contributed by atoms with E-state index in [0.29, 0.717) is 18.3 Å². The van der Waals surface area contributed by atoms with Gasteiger partial charge in [0.1, 0.15) is 6.10 Å². The number of aliphatic carboxylic acids is 1. The number of ether oxygens (including phenoxy) is 1. The summed E-state index contributed by atoms with van der Waals surface area (Å²) in [6, 6.07) is 0. The van der Waals surface area contributed by atoms with Crippen LogP contribution in [0.25, 0.3) is 0 Å². The first-order chi connectivity index (χ1) is 25.8. The minimum Gasteiger partial charge on any atom is -0.481 e. The van der Waals surface area contributed by atoms with Gasteiger partial charge in [0.05, 0.1) is 17.8 Å². The molecule has 0 aromatic rings. The molecule has 10 heteroatoms. The van der Waals surface area contributed by atoms with Gasteiger partial charge in [0.2, 0.25) is 0 Å². The van der Waals surface area contributed by atoms with E-state index in [0.717, 1.165) is 63.4 Å². The fraction of sp³-hybridized carbons (Fsp3) is 0.830. The first-order valence-electron chi connectivity index (χ1n) is 22.3. The molecule has 0 amide bonds. The molecule has 0 aliphatic heterocycles. The molecule has 3 fully saturated rings. The molecule has 57 heavy (non-hydrogen) atoms. The summed E-state index contributed by atoms with van der Waals surface area (Å²) in [6.45, 7) is 43.9. The van der Waals surface area contributed by atoms with E-state index in [1.807, 2.05) is 0 Å². The Kier molecular flexibility index (Phi) is 16.5. The molecule has 0 unspecified atom stereocenters. The Labute approximate surface area is 353 Å². The molecule has 3 aliphatic carbocycles. The fourth-order valence-corrected chi connectivity index (χ4v) is 14.1. The van der Waals surface area contributed by atoms with Crippen molar-refractivity contribution in [3.63, 3.8) is 0 Å². The van der Waals surface area contributed by atoms with E-state index in [9.17, 15) is 14.7 Å². The Morgan fingerprint density at radius 2 is 1.49 bits per heavy atom. The predicted molar refractivity (Wildman–Crippen MR) is 245 cm³/mol. The number of hydrogen-bond acceptors (Lipinski definition) is 6. The zero-order chi connectivity index (χ0) is 43.6. The van der Waals surface area contributed by atoms with Crippen LogP contribution in [0.3, 0.4) is 0 Å². The molecule has 0 aromatic carbocycles. The van der Waals surface area contributed by atoms with Crippen LogP contribution in [0.15, 0.2) is 35.5 Å². The summed E-state index contributed by atoms with van der Waals surface area (Å²) in [5.41, 5.74) is 3.61. The number of fused-ring (bicyclic) bond motifs is 1. The van der Waals surface area contributed by atoms with Gasteiger partial charge in [-0.2, -0.15) is 0 Å². The smallest absolute Gasteiger partial charge is 0.306 e. The minimum absolute atomic E-state index is 0.0100. The third kappa shape index (κ3) is 13.6. The van der Waals surface area contributed by atoms with Crippen molar-refractivity contribution in [1.82, 2.24) is 0 Å². The average molecular weight is 847 g/mol. The topological polar surface area (TPSA) is 91.3 Å². The zero-order valence-electron chi connectivity index (χ0n) is 39.7. The van der Waals surface area contributed by atoms with E-state index in [1.165, 1.54) is 11.1 Å². The van der Waals surface area contributed by atoms with E-state index < -0.39 is 30.9 Å². The van der Waals surface area contributed by atoms with Gasteiger partial charge in [-0.05, 0) is 143 Å². The molecule has 7 nitrogen and oxygen atoms in total. The van der Waals surface area contributed by atoms with Crippen LogP contribution in [0, 0.1) is 23.2 Å². The van der Waals surface area contributed by atoms with Crippen LogP contribution < -0.4 is 0 Å². The van der Waals surface area contributed by atoms with Crippen LogP contribution in [0.2, 0.25) is 55.9 Å². The van der Waals surface area contributed by atoms with Gasteiger partial charge in [0, 0.05) is 25.2 Å². The third-order valence-electron chi connectivity index (χ3n) is 14.5. The van der Waals surface area contributed by atoms with Crippen molar-refractivity contribution in [2.24, 2.45) is 23.2 Å². The van der Waals surface area contributed by atoms with Gasteiger partial charge in [-0.1, -0.05) is 92.5 Å². The standard InChI is InChI=1S/C47H86O7Si3/c1-33(22-20-28-46(9,10)54-55(12,13)14)43-40(51-42(50)25-19-24-41(48)49)32-38-35(23-21-29-47(38,43)11)26-27-36-30-37(52-56(15,16)44(3,4)5)31-39(34(36)2)53-57(17,18)45(6,7)8/h26-27,33,37-40,43H,2,19-25,28-32H2,1,3-18H3,(H,48,49)/b35-26+,36-27-/t33-,37-,38+,39+,40-,43+,47+/m1/s1. The van der Waals surface area contributed by atoms with Gasteiger partial charge >= 0.3 is 11.9 Å². The Morgan fingerprint density at radius 3 is 2.05 bits per heavy atom. The molecule has 3 aliphatic rings. The van der Waals surface area contributed by atoms with Gasteiger partial charge in [0.25, 0.3) is 0 Å². The molecule has 0 heterocycles. The predicted octanol–water partition coefficient (Wildman–Crippen LogP) is 13.4. The summed E-state index contributed by atoms with van der Waals surface area (Å²) in [4.78, 5) is 24.5. The highest BCUT2D eigenvalue weighted by molar-refractivity contribution is 6.74. The highest BCUT2D eigenvalue weighted by atomic mass is 28.4. The molecule has 3 saturated carbocycles. The Balaban J connectivity index is 1.98. The first-order valence-corrected chi connectivity index (χ1v) is 31.6. The third-order valence-corrected chi connectivity index (χ3v) is 24.7. The molecule has 0 saturated heterocycles. The monoisotopic (exact) mass is 847 g/mol. The van der Waals surface area contributed by atoms with Crippen molar-refractivity contribution in [3.05, 3.63) is 35.5 Å². The van der Waals surface area contributed by atoms with Crippen LogP contribution in [0.4, 0.5) is 0 Å². The van der Waals surface area contributed by atoms with Crippen LogP contribution in [-0.2, 0) is 27.6 Å². The van der Waals surface area contributed by atoms with Crippen molar-refractivity contribution in [1.29, 1.82) is 0 Å². The number of carbonyl (C=O) groups excluding carboxylic acids is 1. The summed E-state index contributed by atoms with van der Waals surface area (Å²) in [6.07, 6.45) is 13.8. The highest BCUT2D eigenvalue weighted by Gasteiger charge is 2.57. The number of hydrogen-bond donors (Lipinski definition) is 1. The normalized spacial score (nSPS) is 28.8. The minimum atomic E-state index is -2.08. The van der Waals surface area contributed by atoms with Crippen molar-refractivity contribution >= 4 is 36.9 Å². The van der Waals surface area contributed by atoms with Crippen LogP contribution in [0.1, 0.15) is 146 Å². The van der Waals surface area contributed by atoms with Crippen molar-refractivity contribution in [2.45, 2.75) is 226 Å². The molecule has 0 spiro atoms. The van der Waals surface area contributed by atoms with Crippen molar-refractivity contribution < 1.29 is 32.7 Å². The van der Waals surface area contributed by atoms with E-state index in [2.05, 4.69) is 127 Å². The second kappa shape index (κ2) is 18.8. The molecule has 7 atom stereocenters. The maximum Gasteiger partial charge on any atom is 0.306 e. The number of carboxylic acid groups (broad SMARTS) is 1. The Hall–Kier alpha value is -1.31. The lowest BCUT2D eigenvalue weighted by Crippen LogP contribution is -2.49. The largest absolute Gasteiger partial charge is 0.481 e. The lowest BCUT2D eigenvalue weighted by molar-refractivity contribution is -0.153. The van der Waals surface area contributed by atoms with Gasteiger partial charge in [-0.25, -0.2) is 0 Å². The first kappa shape index (κ1) is 50.0. The van der Waals surface area contributed by atoms with E-state index in [1.54, 1.807) is 0 Å². The second-order valence-corrected chi connectivity index (χ2v) is 37.0. The zero-order valence-corrected chi connectivity index (χ0v) is 42.7. The molecule has 1 N–H and O–H groups in total. The average Bonchev–Trinajstić information content (AvgIpc) is 3.30. The van der Waals surface area contributed by atoms with Gasteiger partial charge < -0.3 is 23.1 Å². The summed E-state index contributed by atoms with van der Waals surface area (Å²) in [5.74, 6) is -0.268. The molecular formula is C47H86O7Si3. The molecule has 0 radical (unpaired) electrons. The lowest BCUT2D eigenvalue weighted by atomic mass is 9.60. The molecule has 0 aromatic heterocycles. The van der Waals surface area contributed by atoms with Gasteiger partial charge in [-0.15, -0.1) is 0 Å². The number of esters is 1. The number of allylic oxidation sites excluding steroid dienone is 3. The summed E-state index contributed by atoms with van der Waals surface area (Å²) < 4.78 is 27.2. The molecular weight excluding hydrogens is 761 g/mol. The SMILES string of the molecule is C=C1/C(=C\C=C2/CCC[C@]3(C)[C@@H]([C@H](C)CCCC(C)(C)O[Si](C)(C)C)[C@H](OC(=O)CCCC(=O)O)C[C@@H]23)C[C@@H](O[Si](C)(C)C(C)(C)C)C[C@@H]1O[Si](C)(C)C(C)(C)C. The highest BCUT2D eigenvalue weighted by Crippen LogP contribution is 2.61. The maximum atomic E-state index is 13.3. The number of carbonyl (C=O) groups is 2. The van der Waals surface area contributed by atoms with E-state index in [4.69, 9.17) is 24.6 Å². The quantitative estimate of drug-likeness (QED) is 0.115.